The summed E-state index contributed by atoms with van der Waals surface area (Å²) in [4.78, 5) is 12.5. The molecule has 48 heavy (non-hydrogen) atoms. The van der Waals surface area contributed by atoms with Gasteiger partial charge in [-0.05, 0) is 57.8 Å². The lowest BCUT2D eigenvalue weighted by atomic mass is 10.0. The maximum Gasteiger partial charge on any atom is 0.266 e. The summed E-state index contributed by atoms with van der Waals surface area (Å²) in [6.45, 7) is 4.40. The molecule has 2 atom stereocenters. The highest BCUT2D eigenvalue weighted by Gasteiger charge is 2.26. The molecule has 0 saturated carbocycles. The molecule has 0 aromatic rings. The van der Waals surface area contributed by atoms with Crippen LogP contribution in [0.2, 0.25) is 0 Å². The van der Waals surface area contributed by atoms with E-state index in [0.717, 1.165) is 70.6 Å². The average molecular weight is 692 g/mol. The van der Waals surface area contributed by atoms with E-state index in [2.05, 4.69) is 79.9 Å². The molecule has 0 bridgehead atoms. The number of allylic oxidation sites excluding steroid dienone is 10. The third kappa shape index (κ3) is 35.3. The number of rotatable bonds is 34. The molecule has 1 amide bonds. The van der Waals surface area contributed by atoms with Gasteiger partial charge in [0, 0.05) is 6.42 Å². The van der Waals surface area contributed by atoms with Gasteiger partial charge in [-0.1, -0.05) is 171 Å². The average Bonchev–Trinajstić information content (AvgIpc) is 3.05. The quantitative estimate of drug-likeness (QED) is 0.0354. The zero-order valence-electron chi connectivity index (χ0n) is 30.8. The molecule has 0 aliphatic rings. The first-order valence-corrected chi connectivity index (χ1v) is 21.1. The van der Waals surface area contributed by atoms with Crippen molar-refractivity contribution < 1.29 is 22.9 Å². The molecule has 2 unspecified atom stereocenters. The van der Waals surface area contributed by atoms with E-state index >= 15 is 0 Å². The fourth-order valence-corrected chi connectivity index (χ4v) is 6.36. The molecule has 6 nitrogen and oxygen atoms in total. The molecule has 7 heteroatoms. The molecule has 0 aromatic heterocycles. The lowest BCUT2D eigenvalue weighted by molar-refractivity contribution is -0.122. The molecule has 0 aliphatic heterocycles. The molecule has 0 rings (SSSR count). The van der Waals surface area contributed by atoms with Crippen LogP contribution < -0.4 is 5.32 Å². The zero-order chi connectivity index (χ0) is 35.4. The molecule has 3 N–H and O–H groups in total. The van der Waals surface area contributed by atoms with Gasteiger partial charge in [0.25, 0.3) is 10.1 Å². The van der Waals surface area contributed by atoms with E-state index in [4.69, 9.17) is 0 Å². The molecular weight excluding hydrogens is 619 g/mol. The summed E-state index contributed by atoms with van der Waals surface area (Å²) in [6, 6.07) is -0.990. The smallest absolute Gasteiger partial charge is 0.266 e. The van der Waals surface area contributed by atoms with Gasteiger partial charge in [0.05, 0.1) is 17.9 Å². The van der Waals surface area contributed by atoms with E-state index in [1.54, 1.807) is 0 Å². The Morgan fingerprint density at radius 3 is 1.46 bits per heavy atom. The molecule has 278 valence electrons. The predicted molar refractivity (Wildman–Crippen MR) is 207 cm³/mol. The zero-order valence-corrected chi connectivity index (χ0v) is 31.7. The van der Waals surface area contributed by atoms with Crippen molar-refractivity contribution in [3.05, 3.63) is 60.8 Å². The summed E-state index contributed by atoms with van der Waals surface area (Å²) in [7, 11) is -4.32. The highest BCUT2D eigenvalue weighted by atomic mass is 32.2. The molecule has 0 aliphatic carbocycles. The highest BCUT2D eigenvalue weighted by Crippen LogP contribution is 2.15. The van der Waals surface area contributed by atoms with E-state index in [1.807, 2.05) is 0 Å². The Bertz CT molecular complexity index is 983. The van der Waals surface area contributed by atoms with Gasteiger partial charge in [0.1, 0.15) is 0 Å². The van der Waals surface area contributed by atoms with E-state index in [9.17, 15) is 22.9 Å². The van der Waals surface area contributed by atoms with Crippen LogP contribution >= 0.6 is 0 Å². The molecule has 0 heterocycles. The fraction of sp³-hybridized carbons (Fsp3) is 0.732. The normalized spacial score (nSPS) is 14.0. The third-order valence-corrected chi connectivity index (χ3v) is 9.27. The predicted octanol–water partition coefficient (Wildman–Crippen LogP) is 11.3. The summed E-state index contributed by atoms with van der Waals surface area (Å²) in [5.41, 5.74) is 0. The lowest BCUT2D eigenvalue weighted by Crippen LogP contribution is -2.47. The van der Waals surface area contributed by atoms with Crippen LogP contribution in [-0.2, 0) is 14.9 Å². The summed E-state index contributed by atoms with van der Waals surface area (Å²) in [5, 5.41) is 13.3. The van der Waals surface area contributed by atoms with Crippen molar-refractivity contribution in [1.29, 1.82) is 0 Å². The Morgan fingerprint density at radius 2 is 1.00 bits per heavy atom. The van der Waals surface area contributed by atoms with E-state index in [-0.39, 0.29) is 12.3 Å². The minimum Gasteiger partial charge on any atom is -0.391 e. The number of unbranched alkanes of at least 4 members (excludes halogenated alkanes) is 16. The van der Waals surface area contributed by atoms with E-state index in [0.29, 0.717) is 12.8 Å². The molecule has 0 radical (unpaired) electrons. The van der Waals surface area contributed by atoms with E-state index in [1.165, 1.54) is 70.6 Å². The fourth-order valence-electron chi connectivity index (χ4n) is 5.60. The van der Waals surface area contributed by atoms with Gasteiger partial charge in [0.15, 0.2) is 0 Å². The van der Waals surface area contributed by atoms with Gasteiger partial charge in [-0.25, -0.2) is 0 Å². The second-order valence-corrected chi connectivity index (χ2v) is 14.7. The number of carbonyl (C=O) groups excluding carboxylic acids is 1. The molecular formula is C41H73NO5S. The van der Waals surface area contributed by atoms with Gasteiger partial charge < -0.3 is 10.4 Å². The standard InChI is InChI=1S/C41H73NO5S/c1-3-5-7-9-11-13-15-17-19-20-21-22-23-25-27-29-31-33-35-37-41(44)42-39(38-48(45,46)47)40(43)36-34-32-30-28-26-24-18-16-14-12-10-8-6-4-2/h5,7,11,13,17,19,21-22,25,27,39-40,43H,3-4,6,8-10,12,14-16,18,20,23-24,26,28-38H2,1-2H3,(H,42,44)(H,45,46,47)/b7-5-,13-11-,19-17-,22-21-,27-25-. The number of nitrogens with one attached hydrogen (secondary N) is 1. The molecule has 0 spiro atoms. The Hall–Kier alpha value is -1.96. The van der Waals surface area contributed by atoms with Gasteiger partial charge in [-0.2, -0.15) is 8.42 Å². The highest BCUT2D eigenvalue weighted by molar-refractivity contribution is 7.85. The van der Waals surface area contributed by atoms with Crippen LogP contribution in [0.15, 0.2) is 60.8 Å². The van der Waals surface area contributed by atoms with Gasteiger partial charge in [-0.15, -0.1) is 0 Å². The van der Waals surface area contributed by atoms with Crippen molar-refractivity contribution in [2.75, 3.05) is 5.75 Å². The maximum atomic E-state index is 12.5. The van der Waals surface area contributed by atoms with Crippen molar-refractivity contribution in [3.8, 4) is 0 Å². The number of hydrogen-bond donors (Lipinski definition) is 3. The number of aliphatic hydroxyl groups is 1. The number of amides is 1. The van der Waals surface area contributed by atoms with Gasteiger partial charge >= 0.3 is 0 Å². The second-order valence-electron chi connectivity index (χ2n) is 13.2. The van der Waals surface area contributed by atoms with Crippen LogP contribution in [0.3, 0.4) is 0 Å². The monoisotopic (exact) mass is 692 g/mol. The Kier molecular flexibility index (Phi) is 33.5. The van der Waals surface area contributed by atoms with Crippen molar-refractivity contribution >= 4 is 16.0 Å². The summed E-state index contributed by atoms with van der Waals surface area (Å²) in [6.07, 6.45) is 47.3. The SMILES string of the molecule is CC/C=C\C/C=C\C/C=C\C/C=C\C/C=C\CCCCCC(=O)NC(CS(=O)(=O)O)C(O)CCCCCCCCCCCCCCCC. The van der Waals surface area contributed by atoms with Gasteiger partial charge in [-0.3, -0.25) is 9.35 Å². The van der Waals surface area contributed by atoms with Crippen molar-refractivity contribution in [3.63, 3.8) is 0 Å². The van der Waals surface area contributed by atoms with Crippen LogP contribution in [0.1, 0.15) is 174 Å². The first-order chi connectivity index (χ1) is 23.3. The first kappa shape index (κ1) is 46.0. The minimum absolute atomic E-state index is 0.277. The lowest BCUT2D eigenvalue weighted by Gasteiger charge is -2.23. The van der Waals surface area contributed by atoms with Crippen LogP contribution in [0, 0.1) is 0 Å². The third-order valence-electron chi connectivity index (χ3n) is 8.49. The van der Waals surface area contributed by atoms with Crippen LogP contribution in [0.25, 0.3) is 0 Å². The molecule has 0 saturated heterocycles. The van der Waals surface area contributed by atoms with Crippen LogP contribution in [-0.4, -0.2) is 41.9 Å². The summed E-state index contributed by atoms with van der Waals surface area (Å²) in [5.74, 6) is -0.943. The summed E-state index contributed by atoms with van der Waals surface area (Å²) >= 11 is 0. The number of hydrogen-bond acceptors (Lipinski definition) is 4. The second kappa shape index (κ2) is 34.9. The van der Waals surface area contributed by atoms with Crippen molar-refractivity contribution in [2.45, 2.75) is 187 Å². The van der Waals surface area contributed by atoms with Gasteiger partial charge in [0.2, 0.25) is 5.91 Å². The Balaban J connectivity index is 3.99. The van der Waals surface area contributed by atoms with Crippen molar-refractivity contribution in [1.82, 2.24) is 5.32 Å². The topological polar surface area (TPSA) is 104 Å². The van der Waals surface area contributed by atoms with Crippen LogP contribution in [0.5, 0.6) is 0 Å². The van der Waals surface area contributed by atoms with E-state index < -0.39 is 28.0 Å². The number of aliphatic hydroxyl groups excluding tert-OH is 1. The maximum absolute atomic E-state index is 12.5. The molecule has 0 fully saturated rings. The number of carbonyl (C=O) groups is 1. The molecule has 0 aromatic carbocycles. The van der Waals surface area contributed by atoms with Crippen LogP contribution in [0.4, 0.5) is 0 Å². The minimum atomic E-state index is -4.32. The Morgan fingerprint density at radius 1 is 0.583 bits per heavy atom. The summed E-state index contributed by atoms with van der Waals surface area (Å²) < 4.78 is 32.5. The Labute approximate surface area is 296 Å². The largest absolute Gasteiger partial charge is 0.391 e. The van der Waals surface area contributed by atoms with Crippen molar-refractivity contribution in [2.24, 2.45) is 0 Å². The first-order valence-electron chi connectivity index (χ1n) is 19.5.